The predicted molar refractivity (Wildman–Crippen MR) is 101 cm³/mol. The summed E-state index contributed by atoms with van der Waals surface area (Å²) >= 11 is 0. The quantitative estimate of drug-likeness (QED) is 0.754. The Morgan fingerprint density at radius 3 is 2.56 bits per heavy atom. The number of nitrogens with zero attached hydrogens (tertiary/aromatic N) is 1. The number of rotatable bonds is 7. The van der Waals surface area contributed by atoms with Gasteiger partial charge in [-0.25, -0.2) is 4.79 Å². The molecule has 27 heavy (non-hydrogen) atoms. The van der Waals surface area contributed by atoms with Gasteiger partial charge in [-0.15, -0.1) is 0 Å². The van der Waals surface area contributed by atoms with Gasteiger partial charge in [0, 0.05) is 5.69 Å². The number of esters is 1. The van der Waals surface area contributed by atoms with Gasteiger partial charge in [0.2, 0.25) is 0 Å². The van der Waals surface area contributed by atoms with E-state index in [1.165, 1.54) is 6.92 Å². The third-order valence-electron chi connectivity index (χ3n) is 3.57. The highest BCUT2D eigenvalue weighted by atomic mass is 16.5. The number of carbonyl (C=O) groups is 2. The lowest BCUT2D eigenvalue weighted by Crippen LogP contribution is -2.30. The standard InChI is InChI=1S/C21H22N2O4/c1-14(2)13-26-19-9-5-7-17(11-19)21(25)27-15(3)20(24)23-18-8-4-6-16(10-18)12-22/h4-11,14-15H,13H2,1-3H3,(H,23,24)/t15-/m1/s1. The third-order valence-corrected chi connectivity index (χ3v) is 3.57. The van der Waals surface area contributed by atoms with E-state index in [0.29, 0.717) is 35.1 Å². The monoisotopic (exact) mass is 366 g/mol. The zero-order valence-electron chi connectivity index (χ0n) is 15.6. The van der Waals surface area contributed by atoms with E-state index in [9.17, 15) is 9.59 Å². The van der Waals surface area contributed by atoms with Gasteiger partial charge in [-0.1, -0.05) is 26.0 Å². The Labute approximate surface area is 158 Å². The molecule has 0 aliphatic heterocycles. The van der Waals surface area contributed by atoms with Gasteiger partial charge >= 0.3 is 5.97 Å². The summed E-state index contributed by atoms with van der Waals surface area (Å²) in [7, 11) is 0. The van der Waals surface area contributed by atoms with Crippen LogP contribution in [0.25, 0.3) is 0 Å². The maximum absolute atomic E-state index is 12.3. The first-order valence-electron chi connectivity index (χ1n) is 8.64. The Hall–Kier alpha value is -3.33. The van der Waals surface area contributed by atoms with Crippen LogP contribution in [-0.4, -0.2) is 24.6 Å². The van der Waals surface area contributed by atoms with Gasteiger partial charge in [0.15, 0.2) is 6.10 Å². The molecule has 0 aliphatic rings. The Balaban J connectivity index is 1.97. The lowest BCUT2D eigenvalue weighted by Gasteiger charge is -2.14. The van der Waals surface area contributed by atoms with Gasteiger partial charge in [0.05, 0.1) is 23.8 Å². The van der Waals surface area contributed by atoms with Crippen molar-refractivity contribution < 1.29 is 19.1 Å². The summed E-state index contributed by atoms with van der Waals surface area (Å²) in [6.07, 6.45) is -0.997. The van der Waals surface area contributed by atoms with Crippen molar-refractivity contribution in [3.05, 3.63) is 59.7 Å². The van der Waals surface area contributed by atoms with Crippen molar-refractivity contribution in [2.75, 3.05) is 11.9 Å². The Morgan fingerprint density at radius 1 is 1.11 bits per heavy atom. The van der Waals surface area contributed by atoms with Crippen LogP contribution in [0, 0.1) is 17.2 Å². The second kappa shape index (κ2) is 9.39. The molecule has 0 spiro atoms. The van der Waals surface area contributed by atoms with Crippen molar-refractivity contribution in [2.45, 2.75) is 26.9 Å². The molecule has 2 aromatic carbocycles. The van der Waals surface area contributed by atoms with E-state index in [4.69, 9.17) is 14.7 Å². The number of benzene rings is 2. The Kier molecular flexibility index (Phi) is 6.95. The molecule has 0 aromatic heterocycles. The first-order chi connectivity index (χ1) is 12.9. The topological polar surface area (TPSA) is 88.4 Å². The van der Waals surface area contributed by atoms with Crippen LogP contribution >= 0.6 is 0 Å². The van der Waals surface area contributed by atoms with E-state index in [-0.39, 0.29) is 0 Å². The summed E-state index contributed by atoms with van der Waals surface area (Å²) in [5.74, 6) is -0.156. The van der Waals surface area contributed by atoms with Crippen molar-refractivity contribution in [3.63, 3.8) is 0 Å². The highest BCUT2D eigenvalue weighted by Crippen LogP contribution is 2.16. The molecule has 0 saturated heterocycles. The second-order valence-electron chi connectivity index (χ2n) is 6.46. The molecule has 0 bridgehead atoms. The molecule has 2 aromatic rings. The molecular formula is C21H22N2O4. The highest BCUT2D eigenvalue weighted by Gasteiger charge is 2.19. The molecule has 1 atom stereocenters. The number of nitrogens with one attached hydrogen (secondary N) is 1. The fourth-order valence-electron chi connectivity index (χ4n) is 2.17. The minimum Gasteiger partial charge on any atom is -0.493 e. The molecular weight excluding hydrogens is 344 g/mol. The van der Waals surface area contributed by atoms with E-state index in [1.54, 1.807) is 48.5 Å². The van der Waals surface area contributed by atoms with Gasteiger partial charge in [-0.05, 0) is 49.2 Å². The molecule has 0 unspecified atom stereocenters. The van der Waals surface area contributed by atoms with Crippen LogP contribution < -0.4 is 10.1 Å². The maximum Gasteiger partial charge on any atom is 0.339 e. The van der Waals surface area contributed by atoms with Crippen LogP contribution in [0.2, 0.25) is 0 Å². The minimum absolute atomic E-state index is 0.308. The first-order valence-corrected chi connectivity index (χ1v) is 8.64. The minimum atomic E-state index is -0.997. The van der Waals surface area contributed by atoms with E-state index >= 15 is 0 Å². The zero-order valence-corrected chi connectivity index (χ0v) is 15.6. The van der Waals surface area contributed by atoms with E-state index < -0.39 is 18.0 Å². The van der Waals surface area contributed by atoms with Crippen LogP contribution in [0.4, 0.5) is 5.69 Å². The number of carbonyl (C=O) groups excluding carboxylic acids is 2. The molecule has 1 N–H and O–H groups in total. The summed E-state index contributed by atoms with van der Waals surface area (Å²) in [5.41, 5.74) is 1.20. The predicted octanol–water partition coefficient (Wildman–Crippen LogP) is 3.78. The Bertz CT molecular complexity index is 855. The van der Waals surface area contributed by atoms with E-state index in [1.807, 2.05) is 19.9 Å². The first kappa shape index (κ1) is 20.0. The summed E-state index contributed by atoms with van der Waals surface area (Å²) in [4.78, 5) is 24.5. The smallest absolute Gasteiger partial charge is 0.339 e. The number of hydrogen-bond donors (Lipinski definition) is 1. The highest BCUT2D eigenvalue weighted by molar-refractivity contribution is 5.97. The lowest BCUT2D eigenvalue weighted by molar-refractivity contribution is -0.123. The molecule has 0 heterocycles. The number of hydrogen-bond acceptors (Lipinski definition) is 5. The fourth-order valence-corrected chi connectivity index (χ4v) is 2.17. The van der Waals surface area contributed by atoms with Gasteiger partial charge in [0.1, 0.15) is 5.75 Å². The zero-order chi connectivity index (χ0) is 19.8. The molecule has 0 saturated carbocycles. The van der Waals surface area contributed by atoms with Crippen LogP contribution in [0.3, 0.4) is 0 Å². The molecule has 6 nitrogen and oxygen atoms in total. The molecule has 0 fully saturated rings. The van der Waals surface area contributed by atoms with Gasteiger partial charge in [0.25, 0.3) is 5.91 Å². The van der Waals surface area contributed by atoms with E-state index in [2.05, 4.69) is 5.32 Å². The normalized spacial score (nSPS) is 11.4. The third kappa shape index (κ3) is 6.15. The maximum atomic E-state index is 12.3. The van der Waals surface area contributed by atoms with Gasteiger partial charge < -0.3 is 14.8 Å². The largest absolute Gasteiger partial charge is 0.493 e. The molecule has 6 heteroatoms. The second-order valence-corrected chi connectivity index (χ2v) is 6.46. The van der Waals surface area contributed by atoms with Crippen molar-refractivity contribution in [2.24, 2.45) is 5.92 Å². The van der Waals surface area contributed by atoms with Crippen LogP contribution in [0.15, 0.2) is 48.5 Å². The summed E-state index contributed by atoms with van der Waals surface area (Å²) < 4.78 is 10.8. The number of nitriles is 1. The van der Waals surface area contributed by atoms with Gasteiger partial charge in [-0.3, -0.25) is 4.79 Å². The number of ether oxygens (including phenoxy) is 2. The van der Waals surface area contributed by atoms with Crippen molar-refractivity contribution in [3.8, 4) is 11.8 Å². The van der Waals surface area contributed by atoms with Crippen molar-refractivity contribution in [1.29, 1.82) is 5.26 Å². The van der Waals surface area contributed by atoms with Crippen LogP contribution in [-0.2, 0) is 9.53 Å². The SMILES string of the molecule is CC(C)COc1cccc(C(=O)O[C@H](C)C(=O)Nc2cccc(C#N)c2)c1. The lowest BCUT2D eigenvalue weighted by atomic mass is 10.2. The molecule has 2 rings (SSSR count). The average Bonchev–Trinajstić information content (AvgIpc) is 2.66. The molecule has 0 aliphatic carbocycles. The molecule has 0 radical (unpaired) electrons. The number of amides is 1. The number of anilines is 1. The molecule has 140 valence electrons. The average molecular weight is 366 g/mol. The van der Waals surface area contributed by atoms with Gasteiger partial charge in [-0.2, -0.15) is 5.26 Å². The van der Waals surface area contributed by atoms with E-state index in [0.717, 1.165) is 0 Å². The Morgan fingerprint density at radius 2 is 1.85 bits per heavy atom. The summed E-state index contributed by atoms with van der Waals surface area (Å²) in [6, 6.07) is 15.1. The van der Waals surface area contributed by atoms with Crippen LogP contribution in [0.1, 0.15) is 36.7 Å². The fraction of sp³-hybridized carbons (Fsp3) is 0.286. The summed E-state index contributed by atoms with van der Waals surface area (Å²) in [5, 5.41) is 11.5. The molecule has 1 amide bonds. The van der Waals surface area contributed by atoms with Crippen molar-refractivity contribution >= 4 is 17.6 Å². The van der Waals surface area contributed by atoms with Crippen molar-refractivity contribution in [1.82, 2.24) is 0 Å². The van der Waals surface area contributed by atoms with Crippen LogP contribution in [0.5, 0.6) is 5.75 Å². The summed E-state index contributed by atoms with van der Waals surface area (Å²) in [6.45, 7) is 6.09.